The van der Waals surface area contributed by atoms with Crippen LogP contribution in [0.3, 0.4) is 0 Å². The molecule has 1 aliphatic rings. The van der Waals surface area contributed by atoms with Crippen LogP contribution in [0.15, 0.2) is 9.98 Å². The van der Waals surface area contributed by atoms with Crippen molar-refractivity contribution in [3.63, 3.8) is 0 Å². The predicted molar refractivity (Wildman–Crippen MR) is 109 cm³/mol. The lowest BCUT2D eigenvalue weighted by Crippen LogP contribution is -2.19. The largest absolute Gasteiger partial charge is 0.481 e. The number of carboxylic acids is 2. The molecule has 1 rings (SSSR count). The first-order chi connectivity index (χ1) is 14.4. The Labute approximate surface area is 176 Å². The summed E-state index contributed by atoms with van der Waals surface area (Å²) < 4.78 is 0. The number of isocyanates is 2. The average Bonchev–Trinajstić information content (AvgIpc) is 2.71. The first-order valence-corrected chi connectivity index (χ1v) is 10.2. The van der Waals surface area contributed by atoms with Crippen LogP contribution in [-0.4, -0.2) is 69.8 Å². The van der Waals surface area contributed by atoms with Crippen LogP contribution >= 0.6 is 0 Å². The lowest BCUT2D eigenvalue weighted by atomic mass is 9.92. The van der Waals surface area contributed by atoms with Crippen LogP contribution in [0.25, 0.3) is 0 Å². The van der Waals surface area contributed by atoms with Crippen molar-refractivity contribution in [3.05, 3.63) is 0 Å². The van der Waals surface area contributed by atoms with Gasteiger partial charge in [-0.05, 0) is 51.4 Å². The first kappa shape index (κ1) is 29.8. The maximum atomic E-state index is 9.90. The Bertz CT molecular complexity index is 487. The van der Waals surface area contributed by atoms with E-state index in [-0.39, 0.29) is 38.1 Å². The molecule has 0 saturated heterocycles. The topological polar surface area (TPSA) is 174 Å². The molecule has 4 N–H and O–H groups in total. The molecule has 0 spiro atoms. The number of hydrogen-bond acceptors (Lipinski definition) is 8. The fourth-order valence-corrected chi connectivity index (χ4v) is 2.60. The monoisotopic (exact) mass is 430 g/mol. The van der Waals surface area contributed by atoms with Gasteiger partial charge in [0.05, 0.1) is 12.1 Å². The van der Waals surface area contributed by atoms with Crippen molar-refractivity contribution in [2.45, 2.75) is 89.1 Å². The minimum atomic E-state index is -0.870. The molecule has 0 amide bonds. The molecule has 10 nitrogen and oxygen atoms in total. The van der Waals surface area contributed by atoms with Crippen LogP contribution in [0.1, 0.15) is 77.0 Å². The van der Waals surface area contributed by atoms with Gasteiger partial charge in [-0.1, -0.05) is 12.8 Å². The summed E-state index contributed by atoms with van der Waals surface area (Å²) in [5, 5.41) is 32.9. The Hall–Kier alpha value is -2.38. The molecular formula is C20H34N2O8. The lowest BCUT2D eigenvalue weighted by molar-refractivity contribution is -0.139. The third-order valence-electron chi connectivity index (χ3n) is 4.23. The Morgan fingerprint density at radius 1 is 0.667 bits per heavy atom. The number of aliphatic hydroxyl groups is 2. The van der Waals surface area contributed by atoms with E-state index in [4.69, 9.17) is 20.4 Å². The van der Waals surface area contributed by atoms with E-state index >= 15 is 0 Å². The van der Waals surface area contributed by atoms with Crippen LogP contribution in [0, 0.1) is 0 Å². The Morgan fingerprint density at radius 2 is 1.00 bits per heavy atom. The molecule has 0 aromatic rings. The Balaban J connectivity index is 0. The Morgan fingerprint density at radius 3 is 1.23 bits per heavy atom. The third kappa shape index (κ3) is 23.7. The highest BCUT2D eigenvalue weighted by molar-refractivity contribution is 5.67. The standard InChI is InChI=1S/C8H10N2O2.C6H10O4.C6H14O2/c11-5-9-7-1-2-8(4-3-7)10-6-12;7-5(8)3-1-2-4-6(9)10;7-5-3-1-2-4-6-8/h7-8H,1-4H2;1-4H2,(H,7,8)(H,9,10);7-8H,1-6H2. The number of carbonyl (C=O) groups excluding carboxylic acids is 2. The number of aliphatic hydroxyl groups excluding tert-OH is 2. The van der Waals surface area contributed by atoms with Crippen molar-refractivity contribution in [2.75, 3.05) is 13.2 Å². The fourth-order valence-electron chi connectivity index (χ4n) is 2.60. The van der Waals surface area contributed by atoms with E-state index in [0.29, 0.717) is 12.8 Å². The highest BCUT2D eigenvalue weighted by Crippen LogP contribution is 2.22. The van der Waals surface area contributed by atoms with E-state index in [2.05, 4.69) is 9.98 Å². The maximum Gasteiger partial charge on any atom is 0.303 e. The van der Waals surface area contributed by atoms with Crippen molar-refractivity contribution in [2.24, 2.45) is 9.98 Å². The van der Waals surface area contributed by atoms with Crippen molar-refractivity contribution in [1.82, 2.24) is 0 Å². The molecule has 1 saturated carbocycles. The SMILES string of the molecule is O=C(O)CCCCC(=O)O.O=C=NC1CCC(N=C=O)CC1.OCCCCCCO. The maximum absolute atomic E-state index is 9.90. The molecule has 0 aromatic heterocycles. The van der Waals surface area contributed by atoms with Gasteiger partial charge in [-0.25, -0.2) is 19.6 Å². The molecule has 0 unspecified atom stereocenters. The summed E-state index contributed by atoms with van der Waals surface area (Å²) in [5.41, 5.74) is 0. The molecule has 0 radical (unpaired) electrons. The van der Waals surface area contributed by atoms with E-state index in [9.17, 15) is 19.2 Å². The van der Waals surface area contributed by atoms with Gasteiger partial charge in [-0.3, -0.25) is 9.59 Å². The van der Waals surface area contributed by atoms with Gasteiger partial charge in [0.2, 0.25) is 12.2 Å². The quantitative estimate of drug-likeness (QED) is 0.207. The summed E-state index contributed by atoms with van der Waals surface area (Å²) in [5.74, 6) is -1.74. The molecular weight excluding hydrogens is 396 g/mol. The third-order valence-corrected chi connectivity index (χ3v) is 4.23. The van der Waals surface area contributed by atoms with Gasteiger partial charge in [0.15, 0.2) is 0 Å². The van der Waals surface area contributed by atoms with E-state index in [1.807, 2.05) is 0 Å². The lowest BCUT2D eigenvalue weighted by Gasteiger charge is -2.20. The molecule has 0 atom stereocenters. The van der Waals surface area contributed by atoms with Crippen molar-refractivity contribution >= 4 is 24.1 Å². The first-order valence-electron chi connectivity index (χ1n) is 10.2. The molecule has 1 fully saturated rings. The van der Waals surface area contributed by atoms with Crippen molar-refractivity contribution < 1.29 is 39.6 Å². The normalized spacial score (nSPS) is 17.0. The second kappa shape index (κ2) is 22.9. The molecule has 30 heavy (non-hydrogen) atoms. The molecule has 1 aliphatic carbocycles. The number of carboxylic acid groups (broad SMARTS) is 2. The average molecular weight is 430 g/mol. The predicted octanol–water partition coefficient (Wildman–Crippen LogP) is 2.22. The molecule has 0 aliphatic heterocycles. The molecule has 0 heterocycles. The van der Waals surface area contributed by atoms with Crippen LogP contribution < -0.4 is 0 Å². The summed E-state index contributed by atoms with van der Waals surface area (Å²) in [6, 6.07) is 0.196. The minimum absolute atomic E-state index is 0.0628. The summed E-state index contributed by atoms with van der Waals surface area (Å²) in [7, 11) is 0. The molecule has 10 heteroatoms. The summed E-state index contributed by atoms with van der Waals surface area (Å²) >= 11 is 0. The van der Waals surface area contributed by atoms with Gasteiger partial charge in [-0.15, -0.1) is 0 Å². The van der Waals surface area contributed by atoms with Gasteiger partial charge in [-0.2, -0.15) is 0 Å². The van der Waals surface area contributed by atoms with Crippen LogP contribution in [0.2, 0.25) is 0 Å². The number of carbonyl (C=O) groups is 2. The second-order valence-electron chi connectivity index (χ2n) is 6.76. The minimum Gasteiger partial charge on any atom is -0.481 e. The van der Waals surface area contributed by atoms with Crippen LogP contribution in [0.4, 0.5) is 0 Å². The molecule has 172 valence electrons. The number of unbranched alkanes of at least 4 members (excludes halogenated alkanes) is 4. The van der Waals surface area contributed by atoms with Crippen LogP contribution in [0.5, 0.6) is 0 Å². The van der Waals surface area contributed by atoms with E-state index in [1.165, 1.54) is 0 Å². The van der Waals surface area contributed by atoms with Gasteiger partial charge >= 0.3 is 11.9 Å². The fraction of sp³-hybridized carbons (Fsp3) is 0.800. The highest BCUT2D eigenvalue weighted by atomic mass is 16.4. The van der Waals surface area contributed by atoms with Crippen molar-refractivity contribution in [1.29, 1.82) is 0 Å². The van der Waals surface area contributed by atoms with Crippen molar-refractivity contribution in [3.8, 4) is 0 Å². The van der Waals surface area contributed by atoms with Gasteiger partial charge in [0.1, 0.15) is 0 Å². The summed E-state index contributed by atoms with van der Waals surface area (Å²) in [6.45, 7) is 0.566. The molecule has 0 bridgehead atoms. The number of nitrogens with zero attached hydrogens (tertiary/aromatic N) is 2. The number of hydrogen-bond donors (Lipinski definition) is 4. The highest BCUT2D eigenvalue weighted by Gasteiger charge is 2.19. The van der Waals surface area contributed by atoms with E-state index < -0.39 is 11.9 Å². The summed E-state index contributed by atoms with van der Waals surface area (Å²) in [6.07, 6.45) is 11.2. The number of aliphatic carboxylic acids is 2. The Kier molecular flexibility index (Phi) is 22.8. The van der Waals surface area contributed by atoms with Crippen LogP contribution in [-0.2, 0) is 19.2 Å². The number of aliphatic imine (C=N–C) groups is 2. The van der Waals surface area contributed by atoms with Gasteiger partial charge < -0.3 is 20.4 Å². The second-order valence-corrected chi connectivity index (χ2v) is 6.76. The number of rotatable bonds is 12. The van der Waals surface area contributed by atoms with Gasteiger partial charge in [0.25, 0.3) is 0 Å². The zero-order valence-corrected chi connectivity index (χ0v) is 17.4. The molecule has 0 aromatic carbocycles. The van der Waals surface area contributed by atoms with Gasteiger partial charge in [0, 0.05) is 26.1 Å². The van der Waals surface area contributed by atoms with E-state index in [0.717, 1.165) is 51.4 Å². The van der Waals surface area contributed by atoms with E-state index in [1.54, 1.807) is 12.2 Å². The smallest absolute Gasteiger partial charge is 0.303 e. The zero-order valence-electron chi connectivity index (χ0n) is 17.4. The zero-order chi connectivity index (χ0) is 23.0. The summed E-state index contributed by atoms with van der Waals surface area (Å²) in [4.78, 5) is 46.9.